The summed E-state index contributed by atoms with van der Waals surface area (Å²) in [6, 6.07) is 7.61. The quantitative estimate of drug-likeness (QED) is 0.840. The smallest absolute Gasteiger partial charge is 0.341 e. The topological polar surface area (TPSA) is 70.1 Å². The highest BCUT2D eigenvalue weighted by molar-refractivity contribution is 9.10. The molecule has 0 aliphatic heterocycles. The molecule has 0 aliphatic carbocycles. The molecule has 1 aromatic heterocycles. The van der Waals surface area contributed by atoms with Crippen LogP contribution in [0.2, 0.25) is 0 Å². The zero-order chi connectivity index (χ0) is 15.4. The number of benzene rings is 1. The summed E-state index contributed by atoms with van der Waals surface area (Å²) in [5.74, 6) is -0.372. The molecular weight excluding hydrogens is 334 g/mol. The molecule has 0 amide bonds. The van der Waals surface area contributed by atoms with Crippen LogP contribution < -0.4 is 5.73 Å². The molecule has 21 heavy (non-hydrogen) atoms. The molecule has 0 saturated carbocycles. The van der Waals surface area contributed by atoms with Gasteiger partial charge in [0.05, 0.1) is 24.4 Å². The molecule has 0 fully saturated rings. The Labute approximate surface area is 132 Å². The molecule has 6 heteroatoms. The van der Waals surface area contributed by atoms with Crippen molar-refractivity contribution in [1.82, 2.24) is 9.78 Å². The van der Waals surface area contributed by atoms with Crippen molar-refractivity contribution in [3.63, 3.8) is 0 Å². The minimum Gasteiger partial charge on any atom is -0.462 e. The van der Waals surface area contributed by atoms with Gasteiger partial charge in [-0.15, -0.1) is 0 Å². The highest BCUT2D eigenvalue weighted by Crippen LogP contribution is 2.23. The van der Waals surface area contributed by atoms with Crippen molar-refractivity contribution in [3.05, 3.63) is 52.3 Å². The van der Waals surface area contributed by atoms with Crippen LogP contribution in [-0.4, -0.2) is 28.4 Å². The summed E-state index contributed by atoms with van der Waals surface area (Å²) in [6.07, 6.45) is 3.18. The van der Waals surface area contributed by atoms with Gasteiger partial charge in [0.2, 0.25) is 0 Å². The van der Waals surface area contributed by atoms with Gasteiger partial charge < -0.3 is 10.5 Å². The lowest BCUT2D eigenvalue weighted by molar-refractivity contribution is 0.0526. The minimum absolute atomic E-state index is 0.138. The number of ether oxygens (including phenoxy) is 1. The Kier molecular flexibility index (Phi) is 5.14. The molecule has 2 N–H and O–H groups in total. The third kappa shape index (κ3) is 3.71. The van der Waals surface area contributed by atoms with E-state index in [2.05, 4.69) is 21.0 Å². The second-order valence-corrected chi connectivity index (χ2v) is 5.70. The number of hydrogen-bond acceptors (Lipinski definition) is 4. The van der Waals surface area contributed by atoms with E-state index in [9.17, 15) is 4.79 Å². The van der Waals surface area contributed by atoms with E-state index < -0.39 is 0 Å². The number of halogens is 1. The Balaban J connectivity index is 2.31. The molecule has 1 heterocycles. The number of hydrogen-bond donors (Lipinski definition) is 1. The Morgan fingerprint density at radius 1 is 1.43 bits per heavy atom. The Bertz CT molecular complexity index is 608. The first kappa shape index (κ1) is 15.7. The van der Waals surface area contributed by atoms with Gasteiger partial charge in [-0.25, -0.2) is 4.79 Å². The van der Waals surface area contributed by atoms with Gasteiger partial charge in [0.25, 0.3) is 0 Å². The summed E-state index contributed by atoms with van der Waals surface area (Å²) in [6.45, 7) is 4.03. The van der Waals surface area contributed by atoms with Crippen LogP contribution in [0, 0.1) is 0 Å². The van der Waals surface area contributed by atoms with Crippen molar-refractivity contribution >= 4 is 21.9 Å². The van der Waals surface area contributed by atoms with Gasteiger partial charge >= 0.3 is 5.97 Å². The number of rotatable bonds is 5. The average Bonchev–Trinajstić information content (AvgIpc) is 2.90. The predicted molar refractivity (Wildman–Crippen MR) is 84.1 cm³/mol. The lowest BCUT2D eigenvalue weighted by Crippen LogP contribution is -2.30. The standard InChI is InChI=1S/C15H18BrN3O2/c1-3-21-15(20)12-8-18-19(9-12)14(10(2)17)11-4-6-13(16)7-5-11/h4-10,14H,3,17H2,1-2H3. The highest BCUT2D eigenvalue weighted by Gasteiger charge is 2.21. The van der Waals surface area contributed by atoms with Gasteiger partial charge in [0, 0.05) is 16.7 Å². The van der Waals surface area contributed by atoms with E-state index in [0.717, 1.165) is 10.0 Å². The van der Waals surface area contributed by atoms with Crippen molar-refractivity contribution in [2.24, 2.45) is 5.73 Å². The molecule has 0 aliphatic rings. The van der Waals surface area contributed by atoms with Crippen molar-refractivity contribution in [2.45, 2.75) is 25.9 Å². The molecule has 2 atom stereocenters. The zero-order valence-corrected chi connectivity index (χ0v) is 13.6. The lowest BCUT2D eigenvalue weighted by atomic mass is 10.0. The largest absolute Gasteiger partial charge is 0.462 e. The molecule has 1 aromatic carbocycles. The van der Waals surface area contributed by atoms with E-state index in [1.807, 2.05) is 31.2 Å². The Morgan fingerprint density at radius 2 is 2.10 bits per heavy atom. The molecule has 2 aromatic rings. The third-order valence-electron chi connectivity index (χ3n) is 3.11. The second-order valence-electron chi connectivity index (χ2n) is 4.78. The van der Waals surface area contributed by atoms with Gasteiger partial charge in [-0.3, -0.25) is 4.68 Å². The summed E-state index contributed by atoms with van der Waals surface area (Å²) < 4.78 is 7.68. The summed E-state index contributed by atoms with van der Waals surface area (Å²) in [5, 5.41) is 4.26. The maximum Gasteiger partial charge on any atom is 0.341 e. The number of esters is 1. The second kappa shape index (κ2) is 6.87. The predicted octanol–water partition coefficient (Wildman–Crippen LogP) is 2.76. The van der Waals surface area contributed by atoms with Crippen LogP contribution in [0.25, 0.3) is 0 Å². The van der Waals surface area contributed by atoms with Gasteiger partial charge in [0.15, 0.2) is 0 Å². The molecule has 0 saturated heterocycles. The van der Waals surface area contributed by atoms with Gasteiger partial charge in [-0.1, -0.05) is 28.1 Å². The van der Waals surface area contributed by atoms with Gasteiger partial charge in [-0.2, -0.15) is 5.10 Å². The number of nitrogens with two attached hydrogens (primary N) is 1. The fraction of sp³-hybridized carbons (Fsp3) is 0.333. The van der Waals surface area contributed by atoms with Gasteiger partial charge in [-0.05, 0) is 31.5 Å². The first-order valence-electron chi connectivity index (χ1n) is 6.75. The van der Waals surface area contributed by atoms with Crippen molar-refractivity contribution < 1.29 is 9.53 Å². The lowest BCUT2D eigenvalue weighted by Gasteiger charge is -2.22. The van der Waals surface area contributed by atoms with Crippen molar-refractivity contribution in [2.75, 3.05) is 6.61 Å². The summed E-state index contributed by atoms with van der Waals surface area (Å²) in [5.41, 5.74) is 7.56. The van der Waals surface area contributed by atoms with E-state index in [0.29, 0.717) is 12.2 Å². The summed E-state index contributed by atoms with van der Waals surface area (Å²) in [4.78, 5) is 11.7. The van der Waals surface area contributed by atoms with Crippen molar-refractivity contribution in [1.29, 1.82) is 0 Å². The molecule has 0 spiro atoms. The van der Waals surface area contributed by atoms with E-state index in [1.165, 1.54) is 6.20 Å². The minimum atomic E-state index is -0.372. The van der Waals surface area contributed by atoms with Crippen LogP contribution in [0.5, 0.6) is 0 Å². The van der Waals surface area contributed by atoms with Crippen LogP contribution in [-0.2, 0) is 4.74 Å². The fourth-order valence-corrected chi connectivity index (χ4v) is 2.43. The van der Waals surface area contributed by atoms with Crippen LogP contribution in [0.3, 0.4) is 0 Å². The number of nitrogens with zero attached hydrogens (tertiary/aromatic N) is 2. The monoisotopic (exact) mass is 351 g/mol. The normalized spacial score (nSPS) is 13.7. The highest BCUT2D eigenvalue weighted by atomic mass is 79.9. The average molecular weight is 352 g/mol. The number of carbonyl (C=O) groups excluding carboxylic acids is 1. The number of carbonyl (C=O) groups is 1. The molecule has 5 nitrogen and oxygen atoms in total. The summed E-state index contributed by atoms with van der Waals surface area (Å²) >= 11 is 3.41. The van der Waals surface area contributed by atoms with E-state index in [1.54, 1.807) is 17.8 Å². The van der Waals surface area contributed by atoms with Gasteiger partial charge in [0.1, 0.15) is 0 Å². The molecule has 2 rings (SSSR count). The molecule has 2 unspecified atom stereocenters. The molecule has 0 radical (unpaired) electrons. The van der Waals surface area contributed by atoms with Crippen LogP contribution >= 0.6 is 15.9 Å². The zero-order valence-electron chi connectivity index (χ0n) is 12.0. The van der Waals surface area contributed by atoms with E-state index >= 15 is 0 Å². The van der Waals surface area contributed by atoms with E-state index in [-0.39, 0.29) is 18.1 Å². The van der Waals surface area contributed by atoms with Crippen LogP contribution in [0.15, 0.2) is 41.1 Å². The maximum absolute atomic E-state index is 11.7. The van der Waals surface area contributed by atoms with Crippen LogP contribution in [0.1, 0.15) is 35.8 Å². The SMILES string of the molecule is CCOC(=O)c1cnn(C(c2ccc(Br)cc2)C(C)N)c1. The third-order valence-corrected chi connectivity index (χ3v) is 3.64. The Morgan fingerprint density at radius 3 is 2.67 bits per heavy atom. The maximum atomic E-state index is 11.7. The molecule has 112 valence electrons. The van der Waals surface area contributed by atoms with Crippen molar-refractivity contribution in [3.8, 4) is 0 Å². The molecule has 0 bridgehead atoms. The fourth-order valence-electron chi connectivity index (χ4n) is 2.17. The Hall–Kier alpha value is -1.66. The summed E-state index contributed by atoms with van der Waals surface area (Å²) in [7, 11) is 0. The number of aromatic nitrogens is 2. The van der Waals surface area contributed by atoms with Crippen LogP contribution in [0.4, 0.5) is 0 Å². The van der Waals surface area contributed by atoms with E-state index in [4.69, 9.17) is 10.5 Å². The first-order chi connectivity index (χ1) is 10.0. The molecular formula is C15H18BrN3O2. The first-order valence-corrected chi connectivity index (χ1v) is 7.54.